The fourth-order valence-corrected chi connectivity index (χ4v) is 3.54. The van der Waals surface area contributed by atoms with Crippen LogP contribution in [0.1, 0.15) is 46.0 Å². The Labute approximate surface area is 156 Å². The summed E-state index contributed by atoms with van der Waals surface area (Å²) >= 11 is 0. The minimum absolute atomic E-state index is 0.0658. The van der Waals surface area contributed by atoms with E-state index in [1.165, 1.54) is 19.3 Å². The number of carbonyl (C=O) groups is 1. The maximum atomic E-state index is 11.9. The zero-order chi connectivity index (χ0) is 18.4. The van der Waals surface area contributed by atoms with Crippen LogP contribution in [-0.4, -0.2) is 54.9 Å². The molecule has 0 aromatic carbocycles. The fraction of sp³-hybridized carbons (Fsp3) is 0.700. The number of rotatable bonds is 5. The summed E-state index contributed by atoms with van der Waals surface area (Å²) in [6, 6.07) is 4.08. The van der Waals surface area contributed by atoms with Crippen LogP contribution in [0, 0.1) is 5.92 Å². The van der Waals surface area contributed by atoms with Gasteiger partial charge in [0.2, 0.25) is 0 Å². The van der Waals surface area contributed by atoms with E-state index in [0.717, 1.165) is 50.6 Å². The molecule has 0 unspecified atom stereocenters. The normalized spacial score (nSPS) is 18.9. The predicted octanol–water partition coefficient (Wildman–Crippen LogP) is 3.71. The van der Waals surface area contributed by atoms with E-state index in [4.69, 9.17) is 9.47 Å². The van der Waals surface area contributed by atoms with Gasteiger partial charge in [0.05, 0.1) is 18.9 Å². The summed E-state index contributed by atoms with van der Waals surface area (Å²) in [6.45, 7) is 8.12. The lowest BCUT2D eigenvalue weighted by Crippen LogP contribution is -2.40. The number of anilines is 1. The summed E-state index contributed by atoms with van der Waals surface area (Å²) < 4.78 is 11.2. The number of pyridine rings is 1. The molecule has 2 aliphatic heterocycles. The molecule has 0 aliphatic carbocycles. The van der Waals surface area contributed by atoms with Gasteiger partial charge in [0.25, 0.3) is 0 Å². The van der Waals surface area contributed by atoms with E-state index in [1.807, 2.05) is 26.1 Å². The van der Waals surface area contributed by atoms with Crippen LogP contribution in [0.4, 0.5) is 10.6 Å². The van der Waals surface area contributed by atoms with E-state index >= 15 is 0 Å². The first-order chi connectivity index (χ1) is 12.6. The Morgan fingerprint density at radius 3 is 2.50 bits per heavy atom. The molecule has 3 rings (SSSR count). The fourth-order valence-electron chi connectivity index (χ4n) is 3.54. The van der Waals surface area contributed by atoms with Crippen LogP contribution in [0.2, 0.25) is 0 Å². The molecule has 3 heterocycles. The third-order valence-corrected chi connectivity index (χ3v) is 5.10. The number of nitrogens with zero attached hydrogens (tertiary/aromatic N) is 3. The van der Waals surface area contributed by atoms with Gasteiger partial charge in [0.15, 0.2) is 0 Å². The highest BCUT2D eigenvalue weighted by Gasteiger charge is 2.24. The predicted molar refractivity (Wildman–Crippen MR) is 102 cm³/mol. The highest BCUT2D eigenvalue weighted by atomic mass is 16.6. The molecule has 1 aromatic rings. The molecular formula is C20H31N3O3. The van der Waals surface area contributed by atoms with Gasteiger partial charge >= 0.3 is 6.09 Å². The van der Waals surface area contributed by atoms with Gasteiger partial charge < -0.3 is 19.3 Å². The van der Waals surface area contributed by atoms with Crippen molar-refractivity contribution in [3.05, 3.63) is 18.3 Å². The monoisotopic (exact) mass is 361 g/mol. The summed E-state index contributed by atoms with van der Waals surface area (Å²) in [5.74, 6) is 2.35. The van der Waals surface area contributed by atoms with Gasteiger partial charge in [-0.25, -0.2) is 9.78 Å². The average Bonchev–Trinajstić information content (AvgIpc) is 2.67. The first-order valence-electron chi connectivity index (χ1n) is 9.91. The Hall–Kier alpha value is -1.98. The second kappa shape index (κ2) is 9.10. The molecule has 0 radical (unpaired) electrons. The average molecular weight is 361 g/mol. The van der Waals surface area contributed by atoms with Crippen molar-refractivity contribution in [1.82, 2.24) is 9.88 Å². The van der Waals surface area contributed by atoms with Crippen LogP contribution in [0.15, 0.2) is 18.3 Å². The van der Waals surface area contributed by atoms with Gasteiger partial charge in [-0.3, -0.25) is 0 Å². The summed E-state index contributed by atoms with van der Waals surface area (Å²) in [7, 11) is 0. The Morgan fingerprint density at radius 2 is 1.88 bits per heavy atom. The molecule has 2 aliphatic rings. The molecule has 1 amide bonds. The van der Waals surface area contributed by atoms with Crippen LogP contribution in [0.5, 0.6) is 5.75 Å². The highest BCUT2D eigenvalue weighted by Crippen LogP contribution is 2.22. The first-order valence-corrected chi connectivity index (χ1v) is 9.91. The third kappa shape index (κ3) is 5.26. The Balaban J connectivity index is 1.40. The van der Waals surface area contributed by atoms with Crippen molar-refractivity contribution >= 4 is 11.9 Å². The Kier molecular flexibility index (Phi) is 6.58. The number of carbonyl (C=O) groups excluding carboxylic acids is 1. The molecular weight excluding hydrogens is 330 g/mol. The first kappa shape index (κ1) is 18.8. The van der Waals surface area contributed by atoms with Crippen molar-refractivity contribution in [3.63, 3.8) is 0 Å². The van der Waals surface area contributed by atoms with Crippen LogP contribution >= 0.6 is 0 Å². The van der Waals surface area contributed by atoms with Crippen molar-refractivity contribution in [2.45, 2.75) is 52.1 Å². The van der Waals surface area contributed by atoms with Gasteiger partial charge in [0.1, 0.15) is 11.6 Å². The van der Waals surface area contributed by atoms with E-state index in [0.29, 0.717) is 12.5 Å². The van der Waals surface area contributed by atoms with Crippen molar-refractivity contribution in [3.8, 4) is 5.75 Å². The zero-order valence-electron chi connectivity index (χ0n) is 16.0. The second-order valence-electron chi connectivity index (χ2n) is 7.57. The summed E-state index contributed by atoms with van der Waals surface area (Å²) in [5, 5.41) is 0. The smallest absolute Gasteiger partial charge is 0.410 e. The van der Waals surface area contributed by atoms with Crippen molar-refractivity contribution in [1.29, 1.82) is 0 Å². The van der Waals surface area contributed by atoms with Gasteiger partial charge in [-0.15, -0.1) is 0 Å². The summed E-state index contributed by atoms with van der Waals surface area (Å²) in [5.41, 5.74) is 0. The number of hydrogen-bond acceptors (Lipinski definition) is 5. The summed E-state index contributed by atoms with van der Waals surface area (Å²) in [4.78, 5) is 20.6. The number of aromatic nitrogens is 1. The van der Waals surface area contributed by atoms with Crippen molar-refractivity contribution in [2.24, 2.45) is 5.92 Å². The molecule has 144 valence electrons. The maximum Gasteiger partial charge on any atom is 0.410 e. The van der Waals surface area contributed by atoms with Crippen molar-refractivity contribution < 1.29 is 14.3 Å². The number of piperidine rings is 2. The molecule has 0 saturated carbocycles. The van der Waals surface area contributed by atoms with E-state index in [1.54, 1.807) is 4.90 Å². The summed E-state index contributed by atoms with van der Waals surface area (Å²) in [6.07, 6.45) is 7.30. The second-order valence-corrected chi connectivity index (χ2v) is 7.57. The zero-order valence-corrected chi connectivity index (χ0v) is 16.0. The molecule has 0 spiro atoms. The van der Waals surface area contributed by atoms with Crippen LogP contribution in [0.25, 0.3) is 0 Å². The molecule has 0 atom stereocenters. The van der Waals surface area contributed by atoms with Crippen LogP contribution in [-0.2, 0) is 4.74 Å². The number of ether oxygens (including phenoxy) is 2. The Bertz CT molecular complexity index is 562. The molecule has 6 heteroatoms. The van der Waals surface area contributed by atoms with Gasteiger partial charge in [-0.2, -0.15) is 0 Å². The molecule has 26 heavy (non-hydrogen) atoms. The number of likely N-dealkylation sites (tertiary alicyclic amines) is 1. The minimum atomic E-state index is -0.197. The molecule has 0 N–H and O–H groups in total. The molecule has 6 nitrogen and oxygen atoms in total. The van der Waals surface area contributed by atoms with Gasteiger partial charge in [0, 0.05) is 26.2 Å². The Morgan fingerprint density at radius 1 is 1.15 bits per heavy atom. The number of hydrogen-bond donors (Lipinski definition) is 0. The lowest BCUT2D eigenvalue weighted by molar-refractivity contribution is 0.0608. The van der Waals surface area contributed by atoms with Gasteiger partial charge in [-0.1, -0.05) is 0 Å². The maximum absolute atomic E-state index is 11.9. The SMILES string of the molecule is CC(C)OC(=O)N1CCC(COc2ccc(N3CCCCC3)nc2)CC1. The van der Waals surface area contributed by atoms with Gasteiger partial charge in [-0.05, 0) is 64.0 Å². The van der Waals surface area contributed by atoms with E-state index in [-0.39, 0.29) is 12.2 Å². The molecule has 2 saturated heterocycles. The lowest BCUT2D eigenvalue weighted by atomic mass is 9.98. The quantitative estimate of drug-likeness (QED) is 0.800. The van der Waals surface area contributed by atoms with E-state index < -0.39 is 0 Å². The molecule has 1 aromatic heterocycles. The van der Waals surface area contributed by atoms with E-state index in [9.17, 15) is 4.79 Å². The lowest BCUT2D eigenvalue weighted by Gasteiger charge is -2.31. The standard InChI is InChI=1S/C20H31N3O3/c1-16(2)26-20(24)23-12-8-17(9-13-23)15-25-18-6-7-19(21-14-18)22-10-4-3-5-11-22/h6-7,14,16-17H,3-5,8-13,15H2,1-2H3. The van der Waals surface area contributed by atoms with Crippen LogP contribution < -0.4 is 9.64 Å². The molecule has 0 bridgehead atoms. The van der Waals surface area contributed by atoms with Crippen LogP contribution in [0.3, 0.4) is 0 Å². The van der Waals surface area contributed by atoms with E-state index in [2.05, 4.69) is 16.0 Å². The minimum Gasteiger partial charge on any atom is -0.492 e. The topological polar surface area (TPSA) is 54.9 Å². The number of amides is 1. The highest BCUT2D eigenvalue weighted by molar-refractivity contribution is 5.67. The third-order valence-electron chi connectivity index (χ3n) is 5.10. The largest absolute Gasteiger partial charge is 0.492 e. The van der Waals surface area contributed by atoms with Crippen molar-refractivity contribution in [2.75, 3.05) is 37.7 Å². The molecule has 2 fully saturated rings.